The van der Waals surface area contributed by atoms with Gasteiger partial charge in [0.2, 0.25) is 0 Å². The van der Waals surface area contributed by atoms with E-state index in [1.165, 1.54) is 76.0 Å². The van der Waals surface area contributed by atoms with E-state index in [4.69, 9.17) is 0 Å². The van der Waals surface area contributed by atoms with Gasteiger partial charge in [-0.1, -0.05) is 77.7 Å². The third-order valence-corrected chi connectivity index (χ3v) is 7.59. The lowest BCUT2D eigenvalue weighted by atomic mass is 10.1. The Morgan fingerprint density at radius 1 is 1.09 bits per heavy atom. The van der Waals surface area contributed by atoms with E-state index >= 15 is 0 Å². The summed E-state index contributed by atoms with van der Waals surface area (Å²) < 4.78 is -0.653. The van der Waals surface area contributed by atoms with Crippen molar-refractivity contribution >= 4 is 29.5 Å². The Bertz CT molecular complexity index is 347. The van der Waals surface area contributed by atoms with Crippen molar-refractivity contribution in [1.82, 2.24) is 0 Å². The van der Waals surface area contributed by atoms with E-state index in [0.717, 1.165) is 6.42 Å². The molecule has 2 nitrogen and oxygen atoms in total. The Labute approximate surface area is 151 Å². The summed E-state index contributed by atoms with van der Waals surface area (Å²) in [5.74, 6) is -0.654. The van der Waals surface area contributed by atoms with Gasteiger partial charge in [-0.2, -0.15) is 0 Å². The van der Waals surface area contributed by atoms with Crippen LogP contribution in [0.25, 0.3) is 0 Å². The quantitative estimate of drug-likeness (QED) is 0.344. The molecular weight excluding hydrogens is 324 g/mol. The zero-order valence-corrected chi connectivity index (χ0v) is 16.5. The molecule has 0 bridgehead atoms. The number of allylic oxidation sites excluding steroid dienone is 1. The second-order valence-corrected chi connectivity index (χ2v) is 9.61. The lowest BCUT2D eigenvalue weighted by molar-refractivity contribution is -0.137. The molecule has 1 rings (SSSR count). The van der Waals surface area contributed by atoms with Crippen molar-refractivity contribution < 1.29 is 9.90 Å². The molecule has 23 heavy (non-hydrogen) atoms. The normalized spacial score (nSPS) is 21.7. The van der Waals surface area contributed by atoms with Crippen molar-refractivity contribution in [3.05, 3.63) is 11.5 Å². The van der Waals surface area contributed by atoms with Gasteiger partial charge in [-0.15, -0.1) is 23.5 Å². The van der Waals surface area contributed by atoms with Gasteiger partial charge in [0, 0.05) is 11.7 Å². The van der Waals surface area contributed by atoms with Crippen LogP contribution in [0.4, 0.5) is 0 Å². The summed E-state index contributed by atoms with van der Waals surface area (Å²) in [4.78, 5) is 11.7. The Balaban J connectivity index is 2.35. The summed E-state index contributed by atoms with van der Waals surface area (Å²) in [7, 11) is 0. The Hall–Kier alpha value is -0.0900. The first-order valence-electron chi connectivity index (χ1n) is 9.38. The maximum absolute atomic E-state index is 11.7. The SMILES string of the molecule is CCCCCCCCCC(CCCC)SC1(C(=O)O)CC=CS1. The van der Waals surface area contributed by atoms with Gasteiger partial charge >= 0.3 is 5.97 Å². The molecule has 2 unspecified atom stereocenters. The van der Waals surface area contributed by atoms with E-state index in [9.17, 15) is 9.90 Å². The summed E-state index contributed by atoms with van der Waals surface area (Å²) >= 11 is 3.22. The molecule has 134 valence electrons. The van der Waals surface area contributed by atoms with Crippen LogP contribution >= 0.6 is 23.5 Å². The molecule has 0 aromatic rings. The largest absolute Gasteiger partial charge is 0.480 e. The van der Waals surface area contributed by atoms with Gasteiger partial charge < -0.3 is 5.11 Å². The Morgan fingerprint density at radius 3 is 2.26 bits per heavy atom. The Morgan fingerprint density at radius 2 is 1.70 bits per heavy atom. The second-order valence-electron chi connectivity index (χ2n) is 6.54. The zero-order chi connectivity index (χ0) is 17.0. The van der Waals surface area contributed by atoms with Crippen LogP contribution in [-0.2, 0) is 4.79 Å². The van der Waals surface area contributed by atoms with Gasteiger partial charge in [-0.3, -0.25) is 0 Å². The minimum atomic E-state index is -0.654. The number of carboxylic acid groups (broad SMARTS) is 1. The number of rotatable bonds is 14. The van der Waals surface area contributed by atoms with Crippen LogP contribution in [0, 0.1) is 0 Å². The third-order valence-electron chi connectivity index (χ3n) is 4.43. The maximum Gasteiger partial charge on any atom is 0.330 e. The highest BCUT2D eigenvalue weighted by molar-refractivity contribution is 8.21. The lowest BCUT2D eigenvalue weighted by Gasteiger charge is -2.28. The van der Waals surface area contributed by atoms with E-state index in [2.05, 4.69) is 13.8 Å². The van der Waals surface area contributed by atoms with Crippen molar-refractivity contribution in [3.63, 3.8) is 0 Å². The fourth-order valence-corrected chi connectivity index (χ4v) is 5.87. The number of aliphatic carboxylic acids is 1. The highest BCUT2D eigenvalue weighted by atomic mass is 32.2. The second kappa shape index (κ2) is 12.3. The minimum Gasteiger partial charge on any atom is -0.480 e. The van der Waals surface area contributed by atoms with Crippen LogP contribution in [0.2, 0.25) is 0 Å². The van der Waals surface area contributed by atoms with E-state index in [0.29, 0.717) is 11.7 Å². The van der Waals surface area contributed by atoms with Gasteiger partial charge in [0.25, 0.3) is 0 Å². The molecule has 4 heteroatoms. The molecule has 1 aliphatic heterocycles. The molecule has 0 amide bonds. The van der Waals surface area contributed by atoms with Gasteiger partial charge in [0.15, 0.2) is 4.08 Å². The molecule has 1 aliphatic rings. The average Bonchev–Trinajstić information content (AvgIpc) is 3.01. The molecule has 0 fully saturated rings. The van der Waals surface area contributed by atoms with Crippen molar-refractivity contribution in [2.24, 2.45) is 0 Å². The molecule has 0 saturated carbocycles. The van der Waals surface area contributed by atoms with Gasteiger partial charge in [-0.05, 0) is 18.2 Å². The van der Waals surface area contributed by atoms with E-state index < -0.39 is 10.0 Å². The van der Waals surface area contributed by atoms with Crippen molar-refractivity contribution in [3.8, 4) is 0 Å². The predicted molar refractivity (Wildman–Crippen MR) is 105 cm³/mol. The number of hydrogen-bond acceptors (Lipinski definition) is 3. The molecule has 2 atom stereocenters. The molecule has 0 aliphatic carbocycles. The van der Waals surface area contributed by atoms with Crippen LogP contribution in [0.3, 0.4) is 0 Å². The lowest BCUT2D eigenvalue weighted by Crippen LogP contribution is -2.31. The van der Waals surface area contributed by atoms with Gasteiger partial charge in [0.05, 0.1) is 0 Å². The number of carboxylic acids is 1. The van der Waals surface area contributed by atoms with Crippen LogP contribution in [0.15, 0.2) is 11.5 Å². The fraction of sp³-hybridized carbons (Fsp3) is 0.842. The average molecular weight is 359 g/mol. The summed E-state index contributed by atoms with van der Waals surface area (Å²) in [6.07, 6.45) is 16.7. The van der Waals surface area contributed by atoms with E-state index in [1.807, 2.05) is 11.5 Å². The fourth-order valence-electron chi connectivity index (χ4n) is 2.97. The highest BCUT2D eigenvalue weighted by Crippen LogP contribution is 2.49. The summed E-state index contributed by atoms with van der Waals surface area (Å²) in [6.45, 7) is 4.47. The molecule has 0 radical (unpaired) electrons. The Kier molecular flexibility index (Phi) is 11.2. The molecule has 1 N–H and O–H groups in total. The van der Waals surface area contributed by atoms with Crippen molar-refractivity contribution in [2.45, 2.75) is 100 Å². The molecule has 0 saturated heterocycles. The van der Waals surface area contributed by atoms with Crippen molar-refractivity contribution in [1.29, 1.82) is 0 Å². The predicted octanol–water partition coefficient (Wildman–Crippen LogP) is 6.85. The van der Waals surface area contributed by atoms with E-state index in [-0.39, 0.29) is 0 Å². The first-order valence-corrected chi connectivity index (χ1v) is 11.1. The van der Waals surface area contributed by atoms with Crippen LogP contribution in [0.5, 0.6) is 0 Å². The monoisotopic (exact) mass is 358 g/mol. The van der Waals surface area contributed by atoms with Gasteiger partial charge in [0.1, 0.15) is 0 Å². The van der Waals surface area contributed by atoms with Crippen LogP contribution in [0.1, 0.15) is 90.9 Å². The van der Waals surface area contributed by atoms with Crippen LogP contribution < -0.4 is 0 Å². The van der Waals surface area contributed by atoms with Gasteiger partial charge in [-0.25, -0.2) is 4.79 Å². The topological polar surface area (TPSA) is 37.3 Å². The summed E-state index contributed by atoms with van der Waals surface area (Å²) in [5.41, 5.74) is 0. The summed E-state index contributed by atoms with van der Waals surface area (Å²) in [5, 5.41) is 12.1. The molecule has 0 aromatic heterocycles. The standard InChI is InChI=1S/C19H34O2S2/c1-3-5-7-8-9-10-11-14-17(13-6-4-2)23-19(18(20)21)15-12-16-22-19/h12,16-17H,3-11,13-15H2,1-2H3,(H,20,21). The first kappa shape index (κ1) is 21.0. The summed E-state index contributed by atoms with van der Waals surface area (Å²) in [6, 6.07) is 0. The third kappa shape index (κ3) is 8.02. The zero-order valence-electron chi connectivity index (χ0n) is 14.9. The first-order chi connectivity index (χ1) is 11.1. The molecule has 1 heterocycles. The minimum absolute atomic E-state index is 0.495. The molecule has 0 aromatic carbocycles. The highest BCUT2D eigenvalue weighted by Gasteiger charge is 2.42. The molecule has 0 spiro atoms. The smallest absolute Gasteiger partial charge is 0.330 e. The maximum atomic E-state index is 11.7. The van der Waals surface area contributed by atoms with Crippen LogP contribution in [-0.4, -0.2) is 20.4 Å². The number of hydrogen-bond donors (Lipinski definition) is 1. The number of thioether (sulfide) groups is 2. The number of unbranched alkanes of at least 4 members (excludes halogenated alkanes) is 7. The number of carbonyl (C=O) groups is 1. The van der Waals surface area contributed by atoms with E-state index in [1.54, 1.807) is 11.8 Å². The van der Waals surface area contributed by atoms with Crippen molar-refractivity contribution in [2.75, 3.05) is 0 Å². The molecular formula is C19H34O2S2.